The summed E-state index contributed by atoms with van der Waals surface area (Å²) in [4.78, 5) is 19.0. The van der Waals surface area contributed by atoms with E-state index >= 15 is 0 Å². The van der Waals surface area contributed by atoms with E-state index in [0.29, 0.717) is 43.3 Å². The minimum Gasteiger partial charge on any atom is -0.439 e. The molecule has 0 spiro atoms. The number of amides is 1. The topological polar surface area (TPSA) is 71.9 Å². The van der Waals surface area contributed by atoms with Gasteiger partial charge in [0.25, 0.3) is 0 Å². The number of aromatic nitrogens is 1. The van der Waals surface area contributed by atoms with Gasteiger partial charge in [-0.3, -0.25) is 0 Å². The highest BCUT2D eigenvalue weighted by molar-refractivity contribution is 7.98. The summed E-state index contributed by atoms with van der Waals surface area (Å²) in [6, 6.07) is 10.6. The van der Waals surface area contributed by atoms with E-state index in [2.05, 4.69) is 4.98 Å². The summed E-state index contributed by atoms with van der Waals surface area (Å²) >= 11 is 1.62. The third-order valence-electron chi connectivity index (χ3n) is 3.92. The molecule has 1 N–H and O–H groups in total. The molecule has 3 rings (SSSR count). The van der Waals surface area contributed by atoms with Crippen LogP contribution < -0.4 is 9.47 Å². The van der Waals surface area contributed by atoms with Crippen molar-refractivity contribution < 1.29 is 19.4 Å². The van der Waals surface area contributed by atoms with Crippen LogP contribution in [-0.4, -0.2) is 46.5 Å². The normalized spacial score (nSPS) is 15.0. The van der Waals surface area contributed by atoms with Gasteiger partial charge in [-0.15, -0.1) is 11.8 Å². The van der Waals surface area contributed by atoms with E-state index in [1.165, 1.54) is 0 Å². The number of hydrogen-bond donors (Lipinski definition) is 1. The van der Waals surface area contributed by atoms with Gasteiger partial charge in [-0.25, -0.2) is 9.78 Å². The van der Waals surface area contributed by atoms with Crippen molar-refractivity contribution in [2.45, 2.75) is 23.8 Å². The number of aliphatic hydroxyl groups is 1. The summed E-state index contributed by atoms with van der Waals surface area (Å²) in [6.07, 6.45) is 4.21. The van der Waals surface area contributed by atoms with Gasteiger partial charge < -0.3 is 19.5 Å². The molecule has 1 aromatic carbocycles. The lowest BCUT2D eigenvalue weighted by atomic mass is 10.1. The first kappa shape index (κ1) is 17.6. The van der Waals surface area contributed by atoms with Crippen molar-refractivity contribution in [2.75, 3.05) is 19.3 Å². The van der Waals surface area contributed by atoms with Gasteiger partial charge in [-0.2, -0.15) is 0 Å². The third kappa shape index (κ3) is 4.87. The molecule has 0 atom stereocenters. The van der Waals surface area contributed by atoms with Gasteiger partial charge in [0.05, 0.1) is 6.10 Å². The highest BCUT2D eigenvalue weighted by Gasteiger charge is 2.22. The Morgan fingerprint density at radius 2 is 1.84 bits per heavy atom. The molecule has 0 bridgehead atoms. The summed E-state index contributed by atoms with van der Waals surface area (Å²) in [7, 11) is 0. The Morgan fingerprint density at radius 1 is 1.16 bits per heavy atom. The second-order valence-electron chi connectivity index (χ2n) is 5.70. The van der Waals surface area contributed by atoms with Crippen LogP contribution in [0.15, 0.2) is 47.5 Å². The molecule has 0 unspecified atom stereocenters. The number of pyridine rings is 1. The number of benzene rings is 1. The zero-order valence-electron chi connectivity index (χ0n) is 13.9. The number of piperidine rings is 1. The van der Waals surface area contributed by atoms with Crippen LogP contribution in [-0.2, 0) is 0 Å². The fraction of sp³-hybridized carbons (Fsp3) is 0.333. The predicted octanol–water partition coefficient (Wildman–Crippen LogP) is 3.55. The number of carbonyl (C=O) groups is 1. The maximum atomic E-state index is 12.1. The van der Waals surface area contributed by atoms with E-state index in [1.54, 1.807) is 47.1 Å². The molecule has 1 aromatic heterocycles. The van der Waals surface area contributed by atoms with E-state index in [-0.39, 0.29) is 6.10 Å². The second-order valence-corrected chi connectivity index (χ2v) is 6.58. The van der Waals surface area contributed by atoms with Crippen molar-refractivity contribution in [3.05, 3.63) is 42.6 Å². The minimum atomic E-state index is -0.394. The molecular weight excluding hydrogens is 340 g/mol. The fourth-order valence-electron chi connectivity index (χ4n) is 2.46. The van der Waals surface area contributed by atoms with E-state index < -0.39 is 6.09 Å². The Bertz CT molecular complexity index is 698. The molecule has 1 fully saturated rings. The Hall–Kier alpha value is -2.25. The molecule has 6 nitrogen and oxygen atoms in total. The lowest BCUT2D eigenvalue weighted by molar-refractivity contribution is 0.0798. The van der Waals surface area contributed by atoms with Crippen molar-refractivity contribution >= 4 is 17.9 Å². The van der Waals surface area contributed by atoms with Gasteiger partial charge >= 0.3 is 6.09 Å². The quantitative estimate of drug-likeness (QED) is 0.841. The van der Waals surface area contributed by atoms with Crippen LogP contribution in [0.4, 0.5) is 4.79 Å². The Kier molecular flexibility index (Phi) is 5.78. The Balaban J connectivity index is 1.55. The molecule has 1 aliphatic rings. The van der Waals surface area contributed by atoms with E-state index in [0.717, 1.165) is 4.90 Å². The number of likely N-dealkylation sites (tertiary alicyclic amines) is 1. The Labute approximate surface area is 150 Å². The van der Waals surface area contributed by atoms with Crippen LogP contribution in [0.25, 0.3) is 0 Å². The number of nitrogens with zero attached hydrogens (tertiary/aromatic N) is 2. The molecule has 1 saturated heterocycles. The molecule has 0 radical (unpaired) electrons. The Morgan fingerprint density at radius 3 is 2.44 bits per heavy atom. The van der Waals surface area contributed by atoms with Crippen LogP contribution in [0.2, 0.25) is 0 Å². The van der Waals surface area contributed by atoms with Crippen molar-refractivity contribution in [3.8, 4) is 17.4 Å². The van der Waals surface area contributed by atoms with Crippen molar-refractivity contribution in [1.82, 2.24) is 9.88 Å². The summed E-state index contributed by atoms with van der Waals surface area (Å²) < 4.78 is 11.0. The zero-order valence-corrected chi connectivity index (χ0v) is 14.7. The molecule has 132 valence electrons. The number of ether oxygens (including phenoxy) is 2. The smallest absolute Gasteiger partial charge is 0.415 e. The van der Waals surface area contributed by atoms with Crippen molar-refractivity contribution in [2.24, 2.45) is 0 Å². The highest BCUT2D eigenvalue weighted by Crippen LogP contribution is 2.24. The molecule has 1 aliphatic heterocycles. The number of rotatable bonds is 4. The fourth-order valence-corrected chi connectivity index (χ4v) is 2.82. The molecule has 7 heteroatoms. The minimum absolute atomic E-state index is 0.320. The zero-order chi connectivity index (χ0) is 17.6. The summed E-state index contributed by atoms with van der Waals surface area (Å²) in [5.41, 5.74) is 0. The van der Waals surface area contributed by atoms with Crippen LogP contribution in [0.1, 0.15) is 12.8 Å². The van der Waals surface area contributed by atoms with Crippen LogP contribution in [0.3, 0.4) is 0 Å². The SMILES string of the molecule is CSc1ccc(Oc2ccc(OC(=O)N3CCC(O)CC3)cc2)nc1. The maximum absolute atomic E-state index is 12.1. The number of thioether (sulfide) groups is 1. The molecule has 0 aliphatic carbocycles. The molecule has 2 heterocycles. The summed E-state index contributed by atoms with van der Waals surface area (Å²) in [5, 5.41) is 9.48. The lowest BCUT2D eigenvalue weighted by Crippen LogP contribution is -2.41. The first-order chi connectivity index (χ1) is 12.1. The summed E-state index contributed by atoms with van der Waals surface area (Å²) in [5.74, 6) is 1.58. The van der Waals surface area contributed by atoms with Crippen LogP contribution in [0.5, 0.6) is 17.4 Å². The monoisotopic (exact) mass is 360 g/mol. The number of carbonyl (C=O) groups excluding carboxylic acids is 1. The predicted molar refractivity (Wildman–Crippen MR) is 95.4 cm³/mol. The summed E-state index contributed by atoms with van der Waals surface area (Å²) in [6.45, 7) is 1.03. The van der Waals surface area contributed by atoms with Gasteiger partial charge in [-0.05, 0) is 49.4 Å². The first-order valence-corrected chi connectivity index (χ1v) is 9.29. The van der Waals surface area contributed by atoms with Gasteiger partial charge in [0.2, 0.25) is 5.88 Å². The van der Waals surface area contributed by atoms with E-state index in [1.807, 2.05) is 18.4 Å². The third-order valence-corrected chi connectivity index (χ3v) is 4.63. The molecule has 1 amide bonds. The van der Waals surface area contributed by atoms with Crippen LogP contribution >= 0.6 is 11.8 Å². The molecule has 2 aromatic rings. The lowest BCUT2D eigenvalue weighted by Gasteiger charge is -2.28. The first-order valence-electron chi connectivity index (χ1n) is 8.07. The van der Waals surface area contributed by atoms with Gasteiger partial charge in [0, 0.05) is 30.2 Å². The second kappa shape index (κ2) is 8.22. The van der Waals surface area contributed by atoms with Crippen molar-refractivity contribution in [1.29, 1.82) is 0 Å². The average Bonchev–Trinajstić information content (AvgIpc) is 2.64. The van der Waals surface area contributed by atoms with E-state index in [9.17, 15) is 9.90 Å². The molecule has 0 saturated carbocycles. The molecular formula is C18H20N2O4S. The van der Waals surface area contributed by atoms with Gasteiger partial charge in [0.15, 0.2) is 0 Å². The van der Waals surface area contributed by atoms with E-state index in [4.69, 9.17) is 9.47 Å². The van der Waals surface area contributed by atoms with Gasteiger partial charge in [-0.1, -0.05) is 0 Å². The van der Waals surface area contributed by atoms with Crippen molar-refractivity contribution in [3.63, 3.8) is 0 Å². The maximum Gasteiger partial charge on any atom is 0.415 e. The largest absolute Gasteiger partial charge is 0.439 e. The number of hydrogen-bond acceptors (Lipinski definition) is 6. The highest BCUT2D eigenvalue weighted by atomic mass is 32.2. The average molecular weight is 360 g/mol. The number of aliphatic hydroxyl groups excluding tert-OH is 1. The van der Waals surface area contributed by atoms with Gasteiger partial charge in [0.1, 0.15) is 11.5 Å². The standard InChI is InChI=1S/C18H20N2O4S/c1-25-16-6-7-17(19-12-16)23-14-2-4-15(5-3-14)24-18(22)20-10-8-13(21)9-11-20/h2-7,12-13,21H,8-11H2,1H3. The molecule has 25 heavy (non-hydrogen) atoms. The van der Waals surface area contributed by atoms with Crippen LogP contribution in [0, 0.1) is 0 Å².